The molecular weight excluding hydrogens is 469 g/mol. The van der Waals surface area contributed by atoms with E-state index in [4.69, 9.17) is 9.26 Å². The van der Waals surface area contributed by atoms with Crippen LogP contribution in [0.15, 0.2) is 106 Å². The Morgan fingerprint density at radius 1 is 0.694 bits per heavy atom. The minimum Gasteiger partial charge on any atom is -0.497 e. The number of aromatic amines is 1. The third-order valence-electron chi connectivity index (χ3n) is 5.90. The first-order chi connectivity index (χ1) is 17.3. The number of ether oxygens (including phenoxy) is 1. The number of methoxy groups -OCH3 is 1. The molecule has 36 heavy (non-hydrogen) atoms. The fraction of sp³-hybridized carbons (Fsp3) is 0.0714. The van der Waals surface area contributed by atoms with Gasteiger partial charge in [0.15, 0.2) is 0 Å². The number of benzene rings is 4. The van der Waals surface area contributed by atoms with E-state index in [1.54, 1.807) is 36.1 Å². The molecule has 0 unspecified atom stereocenters. The van der Waals surface area contributed by atoms with Crippen LogP contribution in [0.3, 0.4) is 0 Å². The van der Waals surface area contributed by atoms with Gasteiger partial charge in [0.1, 0.15) is 5.75 Å². The zero-order valence-corrected chi connectivity index (χ0v) is 19.0. The number of H-pyrrole nitrogens is 1. The van der Waals surface area contributed by atoms with Crippen molar-refractivity contribution in [3.63, 3.8) is 0 Å². The van der Waals surface area contributed by atoms with E-state index in [-0.39, 0.29) is 0 Å². The highest BCUT2D eigenvalue weighted by Gasteiger charge is 2.30. The second kappa shape index (κ2) is 9.22. The number of hydrogen-bond acceptors (Lipinski definition) is 3. The Bertz CT molecular complexity index is 1530. The molecule has 5 rings (SSSR count). The summed E-state index contributed by atoms with van der Waals surface area (Å²) in [5.41, 5.74) is 3.72. The maximum absolute atomic E-state index is 12.8. The maximum atomic E-state index is 12.8. The Morgan fingerprint density at radius 3 is 1.64 bits per heavy atom. The van der Waals surface area contributed by atoms with Crippen molar-refractivity contribution in [2.75, 3.05) is 7.11 Å². The Morgan fingerprint density at radius 2 is 1.14 bits per heavy atom. The molecule has 0 amide bonds. The van der Waals surface area contributed by atoms with Crippen LogP contribution >= 0.6 is 0 Å². The minimum absolute atomic E-state index is 0.297. The summed E-state index contributed by atoms with van der Waals surface area (Å²) in [6.07, 6.45) is -4.38. The molecule has 1 N–H and O–H groups in total. The largest absolute Gasteiger partial charge is 0.497 e. The first-order valence-corrected chi connectivity index (χ1v) is 11.0. The van der Waals surface area contributed by atoms with E-state index in [9.17, 15) is 18.0 Å². The van der Waals surface area contributed by atoms with Gasteiger partial charge in [-0.2, -0.15) is 13.2 Å². The van der Waals surface area contributed by atoms with Crippen molar-refractivity contribution < 1.29 is 27.1 Å². The number of nitrogens with zero attached hydrogens (tertiary/aromatic N) is 1. The van der Waals surface area contributed by atoms with E-state index in [1.807, 2.05) is 48.5 Å². The van der Waals surface area contributed by atoms with Gasteiger partial charge in [0, 0.05) is 12.1 Å². The van der Waals surface area contributed by atoms with Crippen molar-refractivity contribution in [1.29, 1.82) is 0 Å². The van der Waals surface area contributed by atoms with Crippen LogP contribution in [0.1, 0.15) is 5.56 Å². The van der Waals surface area contributed by atoms with Gasteiger partial charge in [-0.15, -0.1) is 0 Å². The average Bonchev–Trinajstić information content (AvgIpc) is 3.30. The Balaban J connectivity index is 1.42. The summed E-state index contributed by atoms with van der Waals surface area (Å²) >= 11 is 0. The number of rotatable bonds is 5. The van der Waals surface area contributed by atoms with Crippen LogP contribution < -0.4 is 15.0 Å². The second-order valence-corrected chi connectivity index (χ2v) is 8.09. The van der Waals surface area contributed by atoms with Crippen LogP contribution in [0, 0.1) is 0 Å². The zero-order chi connectivity index (χ0) is 25.3. The molecule has 5 aromatic rings. The van der Waals surface area contributed by atoms with Crippen LogP contribution in [0.2, 0.25) is 0 Å². The molecule has 0 aliphatic carbocycles. The number of hydrogen-bond donors (Lipinski definition) is 1. The number of halogens is 3. The van der Waals surface area contributed by atoms with Gasteiger partial charge < -0.3 is 4.74 Å². The normalized spacial score (nSPS) is 11.4. The van der Waals surface area contributed by atoms with E-state index in [0.29, 0.717) is 22.5 Å². The third-order valence-corrected chi connectivity index (χ3v) is 5.90. The molecule has 5 nitrogen and oxygen atoms in total. The van der Waals surface area contributed by atoms with Gasteiger partial charge in [0.25, 0.3) is 0 Å². The van der Waals surface area contributed by atoms with Crippen LogP contribution in [0.25, 0.3) is 39.2 Å². The molecule has 0 aliphatic rings. The summed E-state index contributed by atoms with van der Waals surface area (Å²) in [5, 5.41) is 2.64. The van der Waals surface area contributed by atoms with Gasteiger partial charge in [-0.1, -0.05) is 36.4 Å². The van der Waals surface area contributed by atoms with Crippen molar-refractivity contribution in [1.82, 2.24) is 5.27 Å². The highest BCUT2D eigenvalue weighted by Crippen LogP contribution is 2.31. The van der Waals surface area contributed by atoms with Crippen LogP contribution in [0.5, 0.6) is 5.75 Å². The van der Waals surface area contributed by atoms with Gasteiger partial charge in [0.2, 0.25) is 5.69 Å². The molecular formula is C28H20F3N2O3+. The number of alkyl halides is 3. The molecule has 0 saturated carbocycles. The average molecular weight is 489 g/mol. The highest BCUT2D eigenvalue weighted by molar-refractivity contribution is 5.68. The second-order valence-electron chi connectivity index (χ2n) is 8.09. The molecule has 0 saturated heterocycles. The van der Waals surface area contributed by atoms with Gasteiger partial charge in [0.05, 0.1) is 18.2 Å². The summed E-state index contributed by atoms with van der Waals surface area (Å²) in [6.45, 7) is 0. The summed E-state index contributed by atoms with van der Waals surface area (Å²) < 4.78 is 50.3. The standard InChI is InChI=1S/C28H19F3N2O3/c1-35-25-16-10-21(11-17-25)20-8-14-24(15-9-20)33-26(27(34)36-32-33)22-4-2-18(3-5-22)19-6-12-23(13-7-19)28(29,30)31/h2-17H,1H3/p+1. The van der Waals surface area contributed by atoms with Crippen molar-refractivity contribution in [3.05, 3.63) is 113 Å². The summed E-state index contributed by atoms with van der Waals surface area (Å²) in [4.78, 5) is 12.5. The molecule has 1 aromatic heterocycles. The lowest BCUT2D eigenvalue weighted by Crippen LogP contribution is -2.36. The Kier molecular flexibility index (Phi) is 5.93. The van der Waals surface area contributed by atoms with E-state index in [0.717, 1.165) is 34.6 Å². The molecule has 0 atom stereocenters. The summed E-state index contributed by atoms with van der Waals surface area (Å²) in [6, 6.07) is 27.2. The monoisotopic (exact) mass is 489 g/mol. The molecule has 180 valence electrons. The first kappa shape index (κ1) is 23.2. The van der Waals surface area contributed by atoms with E-state index in [1.165, 1.54) is 12.1 Å². The summed E-state index contributed by atoms with van der Waals surface area (Å²) in [7, 11) is 1.62. The Labute approximate surface area is 204 Å². The van der Waals surface area contributed by atoms with E-state index >= 15 is 0 Å². The smallest absolute Gasteiger partial charge is 0.435 e. The van der Waals surface area contributed by atoms with Crippen molar-refractivity contribution in [2.45, 2.75) is 6.18 Å². The summed E-state index contributed by atoms with van der Waals surface area (Å²) in [5.74, 6) is 0.774. The quantitative estimate of drug-likeness (QED) is 0.296. The first-order valence-electron chi connectivity index (χ1n) is 11.0. The van der Waals surface area contributed by atoms with Gasteiger partial charge >= 0.3 is 17.5 Å². The fourth-order valence-corrected chi connectivity index (χ4v) is 3.96. The van der Waals surface area contributed by atoms with Crippen LogP contribution in [0.4, 0.5) is 13.2 Å². The minimum atomic E-state index is -4.38. The van der Waals surface area contributed by atoms with E-state index < -0.39 is 17.4 Å². The SMILES string of the molecule is COc1ccc(-c2ccc(-[n+]3[nH]oc(=O)c3-c3ccc(-c4ccc(C(F)(F)F)cc4)cc3)cc2)cc1. The highest BCUT2D eigenvalue weighted by atomic mass is 19.4. The maximum Gasteiger partial charge on any atom is 0.435 e. The molecule has 8 heteroatoms. The van der Waals surface area contributed by atoms with Crippen LogP contribution in [-0.2, 0) is 6.18 Å². The number of aromatic nitrogens is 2. The van der Waals surface area contributed by atoms with Crippen molar-refractivity contribution >= 4 is 0 Å². The van der Waals surface area contributed by atoms with Crippen molar-refractivity contribution in [2.24, 2.45) is 0 Å². The molecule has 0 spiro atoms. The van der Waals surface area contributed by atoms with Gasteiger partial charge in [-0.05, 0) is 80.7 Å². The van der Waals surface area contributed by atoms with E-state index in [2.05, 4.69) is 5.27 Å². The van der Waals surface area contributed by atoms with Crippen molar-refractivity contribution in [3.8, 4) is 44.9 Å². The fourth-order valence-electron chi connectivity index (χ4n) is 3.96. The van der Waals surface area contributed by atoms with Gasteiger partial charge in [-0.3, -0.25) is 4.52 Å². The lowest BCUT2D eigenvalue weighted by atomic mass is 10.0. The molecule has 0 fully saturated rings. The molecule has 4 aromatic carbocycles. The zero-order valence-electron chi connectivity index (χ0n) is 19.0. The Hall–Kier alpha value is -4.59. The predicted octanol–water partition coefficient (Wildman–Crippen LogP) is 6.27. The number of nitrogens with one attached hydrogen (secondary N) is 1. The van der Waals surface area contributed by atoms with Gasteiger partial charge in [-0.25, -0.2) is 4.79 Å². The lowest BCUT2D eigenvalue weighted by molar-refractivity contribution is -0.660. The molecule has 0 aliphatic heterocycles. The third kappa shape index (κ3) is 4.53. The molecule has 1 heterocycles. The topological polar surface area (TPSA) is 59.1 Å². The lowest BCUT2D eigenvalue weighted by Gasteiger charge is -2.08. The molecule has 0 bridgehead atoms. The molecule has 0 radical (unpaired) electrons. The van der Waals surface area contributed by atoms with Crippen LogP contribution in [-0.4, -0.2) is 12.4 Å². The predicted molar refractivity (Wildman–Crippen MR) is 129 cm³/mol.